The van der Waals surface area contributed by atoms with Gasteiger partial charge in [0.25, 0.3) is 0 Å². The molecule has 0 aliphatic heterocycles. The monoisotopic (exact) mass is 268 g/mol. The number of aliphatic carboxylic acids is 1. The van der Waals surface area contributed by atoms with Crippen LogP contribution in [0.5, 0.6) is 0 Å². The van der Waals surface area contributed by atoms with Crippen molar-refractivity contribution in [3.63, 3.8) is 0 Å². The average molecular weight is 268 g/mol. The van der Waals surface area contributed by atoms with E-state index in [2.05, 4.69) is 6.92 Å². The molecule has 0 aromatic carbocycles. The first kappa shape index (κ1) is 14.5. The summed E-state index contributed by atoms with van der Waals surface area (Å²) >= 11 is 0. The first-order valence-corrected chi connectivity index (χ1v) is 7.40. The molecule has 3 unspecified atom stereocenters. The summed E-state index contributed by atoms with van der Waals surface area (Å²) in [5.74, 6) is 1.08. The summed E-state index contributed by atoms with van der Waals surface area (Å²) in [6.45, 7) is 2.29. The Labute approximate surface area is 114 Å². The van der Waals surface area contributed by atoms with Gasteiger partial charge in [-0.25, -0.2) is 0 Å². The lowest BCUT2D eigenvalue weighted by Crippen LogP contribution is -2.36. The van der Waals surface area contributed by atoms with E-state index in [1.807, 2.05) is 0 Å². The van der Waals surface area contributed by atoms with Crippen LogP contribution in [-0.4, -0.2) is 28.6 Å². The standard InChI is InChI=1S/C15H24O4/c1-9(8-16)10-2-3-12-11(10)4-6-14(17)13(12)5-7-15(18)19/h9-13,16H,2-8H2,1H3,(H,18,19)/t9-,10?,11?,12?,13+/m1/s1. The topological polar surface area (TPSA) is 74.6 Å². The fourth-order valence-electron chi connectivity index (χ4n) is 4.29. The number of fused-ring (bicyclic) bond motifs is 1. The Balaban J connectivity index is 2.05. The number of Topliss-reactive ketones (excluding diaryl/α,β-unsaturated/α-hetero) is 1. The number of ketones is 1. The second-order valence-corrected chi connectivity index (χ2v) is 6.27. The average Bonchev–Trinajstić information content (AvgIpc) is 2.80. The van der Waals surface area contributed by atoms with Gasteiger partial charge in [0.05, 0.1) is 0 Å². The molecular weight excluding hydrogens is 244 g/mol. The third-order valence-electron chi connectivity index (χ3n) is 5.28. The molecule has 19 heavy (non-hydrogen) atoms. The zero-order chi connectivity index (χ0) is 14.0. The van der Waals surface area contributed by atoms with E-state index >= 15 is 0 Å². The molecule has 0 aromatic heterocycles. The maximum atomic E-state index is 12.1. The highest BCUT2D eigenvalue weighted by molar-refractivity contribution is 5.82. The molecule has 0 spiro atoms. The summed E-state index contributed by atoms with van der Waals surface area (Å²) in [5.41, 5.74) is 0. The van der Waals surface area contributed by atoms with Crippen molar-refractivity contribution in [2.75, 3.05) is 6.61 Å². The molecule has 2 rings (SSSR count). The summed E-state index contributed by atoms with van der Waals surface area (Å²) in [6.07, 6.45) is 4.22. The van der Waals surface area contributed by atoms with Gasteiger partial charge < -0.3 is 10.2 Å². The fourth-order valence-corrected chi connectivity index (χ4v) is 4.29. The number of carboxylic acid groups (broad SMARTS) is 1. The number of rotatable bonds is 5. The van der Waals surface area contributed by atoms with Crippen molar-refractivity contribution in [2.45, 2.75) is 45.4 Å². The van der Waals surface area contributed by atoms with E-state index in [4.69, 9.17) is 5.11 Å². The SMILES string of the molecule is C[C@H](CO)C1CCC2C1CCC(=O)[C@H]2CCC(=O)O. The van der Waals surface area contributed by atoms with Crippen molar-refractivity contribution in [1.29, 1.82) is 0 Å². The van der Waals surface area contributed by atoms with Crippen molar-refractivity contribution in [2.24, 2.45) is 29.6 Å². The third-order valence-corrected chi connectivity index (χ3v) is 5.28. The Morgan fingerprint density at radius 3 is 2.68 bits per heavy atom. The first-order chi connectivity index (χ1) is 9.04. The van der Waals surface area contributed by atoms with Crippen LogP contribution in [-0.2, 0) is 9.59 Å². The Bertz CT molecular complexity index is 352. The molecule has 2 aliphatic carbocycles. The number of carboxylic acids is 1. The Morgan fingerprint density at radius 1 is 1.32 bits per heavy atom. The predicted octanol–water partition coefficient (Wildman–Crippen LogP) is 2.10. The van der Waals surface area contributed by atoms with Crippen LogP contribution in [0.3, 0.4) is 0 Å². The fraction of sp³-hybridized carbons (Fsp3) is 0.867. The number of aliphatic hydroxyl groups excluding tert-OH is 1. The van der Waals surface area contributed by atoms with E-state index in [1.54, 1.807) is 0 Å². The van der Waals surface area contributed by atoms with E-state index in [9.17, 15) is 14.7 Å². The summed E-state index contributed by atoms with van der Waals surface area (Å²) in [7, 11) is 0. The number of carbonyl (C=O) groups is 2. The van der Waals surface area contributed by atoms with E-state index in [0.717, 1.165) is 19.3 Å². The molecule has 2 N–H and O–H groups in total. The van der Waals surface area contributed by atoms with Gasteiger partial charge in [0.1, 0.15) is 5.78 Å². The summed E-state index contributed by atoms with van der Waals surface area (Å²) in [5, 5.41) is 18.1. The lowest BCUT2D eigenvalue weighted by atomic mass is 9.68. The number of aliphatic hydroxyl groups is 1. The maximum absolute atomic E-state index is 12.1. The summed E-state index contributed by atoms with van der Waals surface area (Å²) in [6, 6.07) is 0. The van der Waals surface area contributed by atoms with Crippen molar-refractivity contribution < 1.29 is 19.8 Å². The molecule has 0 amide bonds. The van der Waals surface area contributed by atoms with Crippen LogP contribution in [0.25, 0.3) is 0 Å². The van der Waals surface area contributed by atoms with Gasteiger partial charge in [-0.15, -0.1) is 0 Å². The lowest BCUT2D eigenvalue weighted by Gasteiger charge is -2.36. The number of hydrogen-bond donors (Lipinski definition) is 2. The Morgan fingerprint density at radius 2 is 2.05 bits per heavy atom. The van der Waals surface area contributed by atoms with Gasteiger partial charge >= 0.3 is 5.97 Å². The normalized spacial score (nSPS) is 36.0. The molecule has 5 atom stereocenters. The molecule has 0 bridgehead atoms. The van der Waals surface area contributed by atoms with Crippen LogP contribution < -0.4 is 0 Å². The van der Waals surface area contributed by atoms with Crippen LogP contribution in [0.2, 0.25) is 0 Å². The molecule has 4 heteroatoms. The molecule has 0 radical (unpaired) electrons. The van der Waals surface area contributed by atoms with Gasteiger partial charge in [-0.05, 0) is 49.4 Å². The van der Waals surface area contributed by atoms with E-state index < -0.39 is 5.97 Å². The van der Waals surface area contributed by atoms with Crippen LogP contribution in [0.4, 0.5) is 0 Å². The van der Waals surface area contributed by atoms with Gasteiger partial charge in [0.15, 0.2) is 0 Å². The minimum Gasteiger partial charge on any atom is -0.481 e. The zero-order valence-corrected chi connectivity index (χ0v) is 11.5. The molecule has 0 heterocycles. The van der Waals surface area contributed by atoms with Crippen LogP contribution in [0.15, 0.2) is 0 Å². The van der Waals surface area contributed by atoms with Crippen LogP contribution in [0.1, 0.15) is 45.4 Å². The molecular formula is C15H24O4. The molecule has 4 nitrogen and oxygen atoms in total. The molecule has 0 aromatic rings. The maximum Gasteiger partial charge on any atom is 0.303 e. The first-order valence-electron chi connectivity index (χ1n) is 7.40. The van der Waals surface area contributed by atoms with Crippen LogP contribution in [0, 0.1) is 29.6 Å². The highest BCUT2D eigenvalue weighted by atomic mass is 16.4. The zero-order valence-electron chi connectivity index (χ0n) is 11.5. The second kappa shape index (κ2) is 6.04. The van der Waals surface area contributed by atoms with Crippen molar-refractivity contribution in [3.05, 3.63) is 0 Å². The number of carbonyl (C=O) groups excluding carboxylic acids is 1. The smallest absolute Gasteiger partial charge is 0.303 e. The lowest BCUT2D eigenvalue weighted by molar-refractivity contribution is -0.138. The second-order valence-electron chi connectivity index (χ2n) is 6.27. The largest absolute Gasteiger partial charge is 0.481 e. The van der Waals surface area contributed by atoms with E-state index in [0.29, 0.717) is 36.5 Å². The van der Waals surface area contributed by atoms with Crippen LogP contribution >= 0.6 is 0 Å². The summed E-state index contributed by atoms with van der Waals surface area (Å²) in [4.78, 5) is 22.8. The highest BCUT2D eigenvalue weighted by Crippen LogP contribution is 2.50. The Kier molecular flexibility index (Phi) is 4.61. The Hall–Kier alpha value is -0.900. The van der Waals surface area contributed by atoms with Crippen molar-refractivity contribution >= 4 is 11.8 Å². The molecule has 2 aliphatic rings. The molecule has 2 saturated carbocycles. The van der Waals surface area contributed by atoms with Gasteiger partial charge in [-0.2, -0.15) is 0 Å². The van der Waals surface area contributed by atoms with Gasteiger partial charge in [-0.3, -0.25) is 9.59 Å². The van der Waals surface area contributed by atoms with E-state index in [1.165, 1.54) is 0 Å². The predicted molar refractivity (Wildman–Crippen MR) is 70.6 cm³/mol. The minimum atomic E-state index is -0.812. The quantitative estimate of drug-likeness (QED) is 0.800. The molecule has 108 valence electrons. The van der Waals surface area contributed by atoms with Crippen molar-refractivity contribution in [1.82, 2.24) is 0 Å². The summed E-state index contributed by atoms with van der Waals surface area (Å²) < 4.78 is 0. The van der Waals surface area contributed by atoms with Gasteiger partial charge in [0, 0.05) is 25.4 Å². The highest BCUT2D eigenvalue weighted by Gasteiger charge is 2.46. The number of hydrogen-bond acceptors (Lipinski definition) is 3. The third kappa shape index (κ3) is 2.99. The van der Waals surface area contributed by atoms with Gasteiger partial charge in [-0.1, -0.05) is 6.92 Å². The molecule has 0 saturated heterocycles. The van der Waals surface area contributed by atoms with Crippen molar-refractivity contribution in [3.8, 4) is 0 Å². The van der Waals surface area contributed by atoms with E-state index in [-0.39, 0.29) is 24.7 Å². The minimum absolute atomic E-state index is 0.0502. The molecule has 2 fully saturated rings. The van der Waals surface area contributed by atoms with Gasteiger partial charge in [0.2, 0.25) is 0 Å².